The summed E-state index contributed by atoms with van der Waals surface area (Å²) in [6, 6.07) is 18.8. The molecule has 0 spiro atoms. The first kappa shape index (κ1) is 11.7. The molecule has 0 aliphatic heterocycles. The van der Waals surface area contributed by atoms with Gasteiger partial charge in [0.15, 0.2) is 0 Å². The number of para-hydroxylation sites is 1. The second-order valence-electron chi connectivity index (χ2n) is 4.68. The maximum absolute atomic E-state index is 4.10. The van der Waals surface area contributed by atoms with Crippen molar-refractivity contribution in [3.8, 4) is 0 Å². The zero-order valence-electron chi connectivity index (χ0n) is 11.0. The lowest BCUT2D eigenvalue weighted by molar-refractivity contribution is -0.403. The normalized spacial score (nSPS) is 16.2. The van der Waals surface area contributed by atoms with Crippen molar-refractivity contribution in [3.63, 3.8) is 0 Å². The summed E-state index contributed by atoms with van der Waals surface area (Å²) in [6.45, 7) is 4.10. The predicted molar refractivity (Wildman–Crippen MR) is 81.0 cm³/mol. The molecule has 19 heavy (non-hydrogen) atoms. The van der Waals surface area contributed by atoms with Gasteiger partial charge in [-0.05, 0) is 23.3 Å². The third-order valence-corrected chi connectivity index (χ3v) is 3.50. The molecule has 1 aliphatic rings. The Morgan fingerprint density at radius 3 is 2.16 bits per heavy atom. The third-order valence-electron chi connectivity index (χ3n) is 3.50. The molecule has 1 heteroatoms. The topological polar surface area (TPSA) is 3.01 Å². The van der Waals surface area contributed by atoms with Crippen LogP contribution in [-0.4, -0.2) is 17.3 Å². The van der Waals surface area contributed by atoms with Gasteiger partial charge in [0.25, 0.3) is 0 Å². The minimum absolute atomic E-state index is 1.07. The van der Waals surface area contributed by atoms with Gasteiger partial charge in [-0.25, -0.2) is 0 Å². The van der Waals surface area contributed by atoms with E-state index in [4.69, 9.17) is 0 Å². The standard InChI is InChI=1S/C18H16N/c1-14-12-13-18(17-11-7-6-10-16(14)17)19(2)15-8-4-3-5-9-15/h3-13H,1H2,2H3/q+1. The van der Waals surface area contributed by atoms with Crippen LogP contribution in [0, 0.1) is 0 Å². The van der Waals surface area contributed by atoms with Crippen LogP contribution in [0.1, 0.15) is 11.1 Å². The number of allylic oxidation sites excluding steroid dienone is 3. The first-order chi connectivity index (χ1) is 9.27. The van der Waals surface area contributed by atoms with Crippen molar-refractivity contribution in [1.29, 1.82) is 0 Å². The smallest absolute Gasteiger partial charge is 0.195 e. The highest BCUT2D eigenvalue weighted by Gasteiger charge is 2.20. The molecule has 0 atom stereocenters. The van der Waals surface area contributed by atoms with E-state index in [0.717, 1.165) is 5.57 Å². The quantitative estimate of drug-likeness (QED) is 0.668. The van der Waals surface area contributed by atoms with Crippen molar-refractivity contribution in [2.24, 2.45) is 0 Å². The summed E-state index contributed by atoms with van der Waals surface area (Å²) in [5.74, 6) is 0. The molecule has 0 saturated heterocycles. The van der Waals surface area contributed by atoms with Crippen LogP contribution in [0.15, 0.2) is 73.3 Å². The van der Waals surface area contributed by atoms with Crippen LogP contribution in [-0.2, 0) is 0 Å². The monoisotopic (exact) mass is 246 g/mol. The van der Waals surface area contributed by atoms with E-state index in [9.17, 15) is 0 Å². The summed E-state index contributed by atoms with van der Waals surface area (Å²) in [5.41, 5.74) is 5.91. The summed E-state index contributed by atoms with van der Waals surface area (Å²) in [5, 5.41) is 0. The molecular weight excluding hydrogens is 230 g/mol. The summed E-state index contributed by atoms with van der Waals surface area (Å²) in [6.07, 6.45) is 4.22. The second kappa shape index (κ2) is 4.69. The first-order valence-electron chi connectivity index (χ1n) is 6.40. The fraction of sp³-hybridized carbons (Fsp3) is 0.0556. The number of hydrogen-bond donors (Lipinski definition) is 0. The fourth-order valence-electron chi connectivity index (χ4n) is 2.43. The number of benzene rings is 2. The highest BCUT2D eigenvalue weighted by Crippen LogP contribution is 2.25. The van der Waals surface area contributed by atoms with E-state index in [1.165, 1.54) is 22.5 Å². The molecule has 0 amide bonds. The Hall–Kier alpha value is -2.41. The number of fused-ring (bicyclic) bond motifs is 1. The van der Waals surface area contributed by atoms with E-state index in [0.29, 0.717) is 0 Å². The molecule has 0 unspecified atom stereocenters. The van der Waals surface area contributed by atoms with Gasteiger partial charge in [-0.3, -0.25) is 0 Å². The van der Waals surface area contributed by atoms with Crippen LogP contribution in [0.2, 0.25) is 0 Å². The minimum atomic E-state index is 1.07. The molecule has 2 aromatic carbocycles. The Morgan fingerprint density at radius 2 is 1.42 bits per heavy atom. The van der Waals surface area contributed by atoms with Gasteiger partial charge in [0.05, 0.1) is 5.56 Å². The lowest BCUT2D eigenvalue weighted by atomic mass is 9.92. The lowest BCUT2D eigenvalue weighted by Gasteiger charge is -2.13. The molecule has 0 saturated carbocycles. The van der Waals surface area contributed by atoms with Gasteiger partial charge in [-0.15, -0.1) is 0 Å². The van der Waals surface area contributed by atoms with Gasteiger partial charge in [0, 0.05) is 18.2 Å². The number of hydrogen-bond acceptors (Lipinski definition) is 0. The van der Waals surface area contributed by atoms with Crippen molar-refractivity contribution in [2.45, 2.75) is 0 Å². The van der Waals surface area contributed by atoms with Crippen molar-refractivity contribution in [1.82, 2.24) is 0 Å². The minimum Gasteiger partial charge on any atom is -0.195 e. The highest BCUT2D eigenvalue weighted by atomic mass is 15.0. The Labute approximate surface area is 113 Å². The van der Waals surface area contributed by atoms with E-state index in [2.05, 4.69) is 78.9 Å². The van der Waals surface area contributed by atoms with E-state index in [1.807, 2.05) is 6.07 Å². The van der Waals surface area contributed by atoms with Crippen molar-refractivity contribution >= 4 is 17.0 Å². The molecule has 3 rings (SSSR count). The van der Waals surface area contributed by atoms with Crippen LogP contribution in [0.4, 0.5) is 5.69 Å². The second-order valence-corrected chi connectivity index (χ2v) is 4.68. The van der Waals surface area contributed by atoms with Crippen molar-refractivity contribution in [3.05, 3.63) is 84.5 Å². The zero-order valence-corrected chi connectivity index (χ0v) is 11.0. The zero-order chi connectivity index (χ0) is 13.2. The number of nitrogens with zero attached hydrogens (tertiary/aromatic N) is 1. The number of rotatable bonds is 1. The van der Waals surface area contributed by atoms with E-state index in [-0.39, 0.29) is 0 Å². The molecule has 0 heterocycles. The maximum Gasteiger partial charge on any atom is 0.213 e. The highest BCUT2D eigenvalue weighted by molar-refractivity contribution is 6.13. The molecule has 0 aromatic heterocycles. The summed E-state index contributed by atoms with van der Waals surface area (Å²) in [7, 11) is 2.10. The van der Waals surface area contributed by atoms with Gasteiger partial charge in [-0.1, -0.05) is 43.0 Å². The van der Waals surface area contributed by atoms with Crippen molar-refractivity contribution in [2.75, 3.05) is 7.05 Å². The lowest BCUT2D eigenvalue weighted by Crippen LogP contribution is -2.16. The van der Waals surface area contributed by atoms with Gasteiger partial charge in [-0.2, -0.15) is 4.58 Å². The predicted octanol–water partition coefficient (Wildman–Crippen LogP) is 4.03. The molecule has 1 aliphatic carbocycles. The van der Waals surface area contributed by atoms with Gasteiger partial charge >= 0.3 is 0 Å². The molecule has 0 N–H and O–H groups in total. The first-order valence-corrected chi connectivity index (χ1v) is 6.40. The fourth-order valence-corrected chi connectivity index (χ4v) is 2.43. The molecule has 0 radical (unpaired) electrons. The summed E-state index contributed by atoms with van der Waals surface area (Å²) >= 11 is 0. The van der Waals surface area contributed by atoms with Crippen LogP contribution < -0.4 is 0 Å². The van der Waals surface area contributed by atoms with E-state index >= 15 is 0 Å². The van der Waals surface area contributed by atoms with Crippen LogP contribution >= 0.6 is 0 Å². The van der Waals surface area contributed by atoms with Crippen molar-refractivity contribution < 1.29 is 4.58 Å². The van der Waals surface area contributed by atoms with Crippen LogP contribution in [0.25, 0.3) is 5.57 Å². The van der Waals surface area contributed by atoms with Crippen LogP contribution in [0.5, 0.6) is 0 Å². The Kier molecular flexibility index (Phi) is 2.88. The summed E-state index contributed by atoms with van der Waals surface area (Å²) in [4.78, 5) is 0. The molecule has 92 valence electrons. The van der Waals surface area contributed by atoms with E-state index in [1.54, 1.807) is 0 Å². The largest absolute Gasteiger partial charge is 0.213 e. The molecule has 0 fully saturated rings. The van der Waals surface area contributed by atoms with Gasteiger partial charge in [0.2, 0.25) is 11.4 Å². The average Bonchev–Trinajstić information content (AvgIpc) is 2.48. The Bertz CT molecular complexity index is 691. The summed E-state index contributed by atoms with van der Waals surface area (Å²) < 4.78 is 2.21. The third kappa shape index (κ3) is 2.04. The Morgan fingerprint density at radius 1 is 0.789 bits per heavy atom. The molecular formula is C18H16N+. The Balaban J connectivity index is 2.21. The molecule has 0 bridgehead atoms. The van der Waals surface area contributed by atoms with Crippen LogP contribution in [0.3, 0.4) is 0 Å². The van der Waals surface area contributed by atoms with E-state index < -0.39 is 0 Å². The SMILES string of the molecule is C=C1C=CC(=[N+](C)c2ccccc2)c2ccccc21. The van der Waals surface area contributed by atoms with Gasteiger partial charge in [0.1, 0.15) is 7.05 Å². The average molecular weight is 246 g/mol. The van der Waals surface area contributed by atoms with Gasteiger partial charge < -0.3 is 0 Å². The maximum atomic E-state index is 4.10. The molecule has 1 nitrogen and oxygen atoms in total. The molecule has 2 aromatic rings.